The van der Waals surface area contributed by atoms with Gasteiger partial charge in [-0.3, -0.25) is 19.7 Å². The number of carboxylic acids is 1. The lowest BCUT2D eigenvalue weighted by molar-refractivity contribution is -0.386. The Morgan fingerprint density at radius 3 is 2.58 bits per heavy atom. The first-order valence-corrected chi connectivity index (χ1v) is 4.78. The van der Waals surface area contributed by atoms with E-state index in [4.69, 9.17) is 5.11 Å². The van der Waals surface area contributed by atoms with E-state index in [0.29, 0.717) is 0 Å². The lowest BCUT2D eigenvalue weighted by Crippen LogP contribution is -2.10. The number of benzene rings is 1. The van der Waals surface area contributed by atoms with Gasteiger partial charge in [0.1, 0.15) is 6.29 Å². The molecule has 0 aliphatic heterocycles. The number of hydrogen-bond acceptors (Lipinski definition) is 5. The molecule has 1 rings (SSSR count). The van der Waals surface area contributed by atoms with Gasteiger partial charge in [0, 0.05) is 17.2 Å². The molecule has 1 N–H and O–H groups in total. The van der Waals surface area contributed by atoms with Crippen molar-refractivity contribution >= 4 is 17.9 Å². The quantitative estimate of drug-likeness (QED) is 0.480. The van der Waals surface area contributed by atoms with E-state index in [1.807, 2.05) is 0 Å². The first kappa shape index (κ1) is 14.5. The predicted molar refractivity (Wildman–Crippen MR) is 56.5 cm³/mol. The Bertz CT molecular complexity index is 531. The first-order valence-electron chi connectivity index (χ1n) is 4.78. The van der Waals surface area contributed by atoms with Gasteiger partial charge in [0.2, 0.25) is 5.75 Å². The van der Waals surface area contributed by atoms with Crippen LogP contribution in [0.4, 0.5) is 14.5 Å². The van der Waals surface area contributed by atoms with E-state index in [9.17, 15) is 28.5 Å². The monoisotopic (exact) mass is 275 g/mol. The lowest BCUT2D eigenvalue weighted by Gasteiger charge is -2.10. The van der Waals surface area contributed by atoms with Crippen molar-refractivity contribution in [3.63, 3.8) is 0 Å². The maximum absolute atomic E-state index is 12.2. The number of aliphatic carboxylic acids is 1. The first-order chi connectivity index (χ1) is 8.85. The number of ether oxygens (including phenoxy) is 1. The van der Waals surface area contributed by atoms with Crippen molar-refractivity contribution < 1.29 is 33.1 Å². The summed E-state index contributed by atoms with van der Waals surface area (Å²) in [6.07, 6.45) is -0.547. The van der Waals surface area contributed by atoms with E-state index in [1.165, 1.54) is 0 Å². The van der Waals surface area contributed by atoms with Crippen LogP contribution in [0.25, 0.3) is 0 Å². The summed E-state index contributed by atoms with van der Waals surface area (Å²) in [6, 6.07) is 1.68. The summed E-state index contributed by atoms with van der Waals surface area (Å²) in [4.78, 5) is 30.9. The number of alkyl halides is 2. The van der Waals surface area contributed by atoms with Crippen molar-refractivity contribution in [1.29, 1.82) is 0 Å². The van der Waals surface area contributed by atoms with Crippen LogP contribution in [0.5, 0.6) is 5.75 Å². The van der Waals surface area contributed by atoms with Crippen LogP contribution >= 0.6 is 0 Å². The highest BCUT2D eigenvalue weighted by atomic mass is 19.3. The predicted octanol–water partition coefficient (Wildman–Crippen LogP) is 1.64. The van der Waals surface area contributed by atoms with E-state index in [1.54, 1.807) is 0 Å². The number of rotatable bonds is 6. The largest absolute Gasteiger partial charge is 0.481 e. The molecule has 0 aliphatic carbocycles. The van der Waals surface area contributed by atoms with Crippen LogP contribution in [-0.2, 0) is 11.2 Å². The van der Waals surface area contributed by atoms with Crippen LogP contribution in [-0.4, -0.2) is 28.9 Å². The fourth-order valence-corrected chi connectivity index (χ4v) is 1.42. The molecule has 0 radical (unpaired) electrons. The van der Waals surface area contributed by atoms with E-state index < -0.39 is 35.4 Å². The minimum Gasteiger partial charge on any atom is -0.481 e. The third-order valence-electron chi connectivity index (χ3n) is 2.05. The molecule has 0 amide bonds. The summed E-state index contributed by atoms with van der Waals surface area (Å²) in [5.41, 5.74) is -1.46. The van der Waals surface area contributed by atoms with Crippen molar-refractivity contribution in [3.8, 4) is 5.75 Å². The molecule has 19 heavy (non-hydrogen) atoms. The highest BCUT2D eigenvalue weighted by Crippen LogP contribution is 2.34. The second-order valence-corrected chi connectivity index (χ2v) is 3.35. The normalized spacial score (nSPS) is 10.3. The van der Waals surface area contributed by atoms with Crippen LogP contribution in [0.3, 0.4) is 0 Å². The summed E-state index contributed by atoms with van der Waals surface area (Å²) in [5.74, 6) is -2.26. The maximum Gasteiger partial charge on any atom is 0.387 e. The van der Waals surface area contributed by atoms with Crippen LogP contribution < -0.4 is 4.74 Å². The molecule has 0 spiro atoms. The van der Waals surface area contributed by atoms with Crippen molar-refractivity contribution in [3.05, 3.63) is 33.4 Å². The van der Waals surface area contributed by atoms with Gasteiger partial charge >= 0.3 is 18.3 Å². The van der Waals surface area contributed by atoms with E-state index in [-0.39, 0.29) is 17.4 Å². The molecule has 0 atom stereocenters. The Morgan fingerprint density at radius 2 is 2.16 bits per heavy atom. The fourth-order valence-electron chi connectivity index (χ4n) is 1.42. The standard InChI is InChI=1S/C10H7F2NO6/c11-10(12)19-9-6(3-8(15)16)1-5(4-14)2-7(9)13(17)18/h1-2,4,10H,3H2,(H,15,16). The summed E-state index contributed by atoms with van der Waals surface area (Å²) < 4.78 is 28.4. The Hall–Kier alpha value is -2.58. The molecule has 0 fully saturated rings. The third-order valence-corrected chi connectivity index (χ3v) is 2.05. The topological polar surface area (TPSA) is 107 Å². The molecule has 0 saturated heterocycles. The number of hydrogen-bond donors (Lipinski definition) is 1. The molecule has 0 saturated carbocycles. The smallest absolute Gasteiger partial charge is 0.387 e. The Kier molecular flexibility index (Phi) is 4.46. The molecular formula is C10H7F2NO6. The highest BCUT2D eigenvalue weighted by Gasteiger charge is 2.25. The minimum absolute atomic E-state index is 0.204. The number of carbonyl (C=O) groups is 2. The lowest BCUT2D eigenvalue weighted by atomic mass is 10.1. The molecule has 0 bridgehead atoms. The second kappa shape index (κ2) is 5.85. The van der Waals surface area contributed by atoms with Crippen LogP contribution in [0.15, 0.2) is 12.1 Å². The molecule has 0 heterocycles. The summed E-state index contributed by atoms with van der Waals surface area (Å²) >= 11 is 0. The molecule has 102 valence electrons. The van der Waals surface area contributed by atoms with E-state index in [2.05, 4.69) is 4.74 Å². The summed E-state index contributed by atoms with van der Waals surface area (Å²) in [7, 11) is 0. The van der Waals surface area contributed by atoms with Gasteiger partial charge < -0.3 is 9.84 Å². The average Bonchev–Trinajstić information content (AvgIpc) is 2.29. The average molecular weight is 275 g/mol. The van der Waals surface area contributed by atoms with Crippen molar-refractivity contribution in [1.82, 2.24) is 0 Å². The molecule has 0 aromatic heterocycles. The van der Waals surface area contributed by atoms with Gasteiger partial charge in [-0.1, -0.05) is 0 Å². The van der Waals surface area contributed by atoms with E-state index >= 15 is 0 Å². The molecule has 0 unspecified atom stereocenters. The SMILES string of the molecule is O=Cc1cc(CC(=O)O)c(OC(F)F)c([N+](=O)[O-])c1. The zero-order valence-corrected chi connectivity index (χ0v) is 9.21. The van der Waals surface area contributed by atoms with Crippen LogP contribution in [0.1, 0.15) is 15.9 Å². The second-order valence-electron chi connectivity index (χ2n) is 3.35. The van der Waals surface area contributed by atoms with Crippen molar-refractivity contribution in [2.24, 2.45) is 0 Å². The Morgan fingerprint density at radius 1 is 1.53 bits per heavy atom. The number of carboxylic acid groups (broad SMARTS) is 1. The number of aldehydes is 1. The van der Waals surface area contributed by atoms with Gasteiger partial charge in [0.05, 0.1) is 11.3 Å². The number of nitrogens with zero attached hydrogens (tertiary/aromatic N) is 1. The zero-order valence-electron chi connectivity index (χ0n) is 9.21. The molecule has 1 aromatic rings. The Labute approximate surface area is 104 Å². The molecular weight excluding hydrogens is 268 g/mol. The number of nitro groups is 1. The van der Waals surface area contributed by atoms with Gasteiger partial charge in [-0.05, 0) is 6.07 Å². The number of nitro benzene ring substituents is 1. The van der Waals surface area contributed by atoms with Gasteiger partial charge in [-0.15, -0.1) is 0 Å². The number of carbonyl (C=O) groups excluding carboxylic acids is 1. The van der Waals surface area contributed by atoms with Gasteiger partial charge in [0.15, 0.2) is 0 Å². The van der Waals surface area contributed by atoms with Gasteiger partial charge in [-0.25, -0.2) is 0 Å². The highest BCUT2D eigenvalue weighted by molar-refractivity contribution is 5.80. The van der Waals surface area contributed by atoms with E-state index in [0.717, 1.165) is 12.1 Å². The van der Waals surface area contributed by atoms with Gasteiger partial charge in [0.25, 0.3) is 0 Å². The molecule has 1 aromatic carbocycles. The van der Waals surface area contributed by atoms with Gasteiger partial charge in [-0.2, -0.15) is 8.78 Å². The van der Waals surface area contributed by atoms with Crippen LogP contribution in [0, 0.1) is 10.1 Å². The third kappa shape index (κ3) is 3.69. The Balaban J connectivity index is 3.45. The summed E-state index contributed by atoms with van der Waals surface area (Å²) in [5, 5.41) is 19.3. The molecule has 9 heteroatoms. The summed E-state index contributed by atoms with van der Waals surface area (Å²) in [6.45, 7) is -3.35. The molecule has 0 aliphatic rings. The van der Waals surface area contributed by atoms with Crippen molar-refractivity contribution in [2.45, 2.75) is 13.0 Å². The maximum atomic E-state index is 12.2. The minimum atomic E-state index is -3.35. The fraction of sp³-hybridized carbons (Fsp3) is 0.200. The van der Waals surface area contributed by atoms with Crippen molar-refractivity contribution in [2.75, 3.05) is 0 Å². The van der Waals surface area contributed by atoms with Crippen LogP contribution in [0.2, 0.25) is 0 Å². The zero-order chi connectivity index (χ0) is 14.6. The molecule has 7 nitrogen and oxygen atoms in total. The number of halogens is 2.